The van der Waals surface area contributed by atoms with Gasteiger partial charge in [0.1, 0.15) is 5.75 Å². The second-order valence-electron chi connectivity index (χ2n) is 5.58. The summed E-state index contributed by atoms with van der Waals surface area (Å²) in [6, 6.07) is 15.9. The van der Waals surface area contributed by atoms with E-state index in [-0.39, 0.29) is 11.9 Å². The van der Waals surface area contributed by atoms with Crippen molar-refractivity contribution < 1.29 is 9.53 Å². The van der Waals surface area contributed by atoms with Crippen LogP contribution >= 0.6 is 0 Å². The highest BCUT2D eigenvalue weighted by atomic mass is 16.5. The molecule has 1 amide bonds. The lowest BCUT2D eigenvalue weighted by Gasteiger charge is -2.15. The number of aryl methyl sites for hydroxylation is 1. The molecule has 1 atom stereocenters. The second-order valence-corrected chi connectivity index (χ2v) is 5.58. The van der Waals surface area contributed by atoms with Crippen LogP contribution in [0.25, 0.3) is 0 Å². The maximum atomic E-state index is 12.1. The molecular weight excluding hydrogens is 288 g/mol. The van der Waals surface area contributed by atoms with Gasteiger partial charge >= 0.3 is 0 Å². The molecule has 0 aliphatic carbocycles. The highest BCUT2D eigenvalue weighted by Gasteiger charge is 2.09. The molecule has 2 N–H and O–H groups in total. The van der Waals surface area contributed by atoms with E-state index in [2.05, 4.69) is 10.6 Å². The molecule has 0 saturated carbocycles. The summed E-state index contributed by atoms with van der Waals surface area (Å²) >= 11 is 0. The lowest BCUT2D eigenvalue weighted by molar-refractivity contribution is -0.121. The zero-order valence-corrected chi connectivity index (χ0v) is 13.9. The van der Waals surface area contributed by atoms with E-state index in [4.69, 9.17) is 4.74 Å². The molecular formula is C19H24N2O2. The molecule has 2 aromatic rings. The zero-order valence-electron chi connectivity index (χ0n) is 13.9. The van der Waals surface area contributed by atoms with Crippen LogP contribution in [-0.4, -0.2) is 19.6 Å². The fraction of sp³-hybridized carbons (Fsp3) is 0.316. The molecule has 0 aliphatic rings. The predicted octanol–water partition coefficient (Wildman–Crippen LogP) is 3.68. The molecule has 4 heteroatoms. The Morgan fingerprint density at radius 3 is 2.61 bits per heavy atom. The zero-order chi connectivity index (χ0) is 16.7. The summed E-state index contributed by atoms with van der Waals surface area (Å²) < 4.78 is 5.32. The van der Waals surface area contributed by atoms with Gasteiger partial charge in [-0.15, -0.1) is 0 Å². The van der Waals surface area contributed by atoms with Gasteiger partial charge in [-0.2, -0.15) is 0 Å². The van der Waals surface area contributed by atoms with Crippen molar-refractivity contribution in [2.45, 2.75) is 26.3 Å². The lowest BCUT2D eigenvalue weighted by atomic mass is 10.1. The molecule has 122 valence electrons. The molecule has 2 aromatic carbocycles. The Hall–Kier alpha value is -2.49. The van der Waals surface area contributed by atoms with Gasteiger partial charge in [0.25, 0.3) is 0 Å². The van der Waals surface area contributed by atoms with Crippen LogP contribution in [0.3, 0.4) is 0 Å². The topological polar surface area (TPSA) is 50.4 Å². The second kappa shape index (κ2) is 8.22. The lowest BCUT2D eigenvalue weighted by Crippen LogP contribution is -2.28. The third-order valence-corrected chi connectivity index (χ3v) is 3.70. The molecule has 4 nitrogen and oxygen atoms in total. The van der Waals surface area contributed by atoms with Crippen LogP contribution in [0.15, 0.2) is 48.5 Å². The van der Waals surface area contributed by atoms with E-state index in [0.717, 1.165) is 22.6 Å². The maximum absolute atomic E-state index is 12.1. The summed E-state index contributed by atoms with van der Waals surface area (Å²) in [5.74, 6) is 0.814. The highest BCUT2D eigenvalue weighted by molar-refractivity contribution is 5.77. The number of carbonyl (C=O) groups is 1. The van der Waals surface area contributed by atoms with Crippen LogP contribution in [0, 0.1) is 6.92 Å². The van der Waals surface area contributed by atoms with Crippen LogP contribution < -0.4 is 15.4 Å². The van der Waals surface area contributed by atoms with Crippen molar-refractivity contribution in [1.82, 2.24) is 5.32 Å². The number of nitrogens with one attached hydrogen (secondary N) is 2. The van der Waals surface area contributed by atoms with Gasteiger partial charge in [0.05, 0.1) is 18.8 Å². The molecule has 2 rings (SSSR count). The largest absolute Gasteiger partial charge is 0.495 e. The monoisotopic (exact) mass is 312 g/mol. The van der Waals surface area contributed by atoms with E-state index in [1.54, 1.807) is 7.11 Å². The summed E-state index contributed by atoms with van der Waals surface area (Å²) in [5, 5.41) is 6.28. The third-order valence-electron chi connectivity index (χ3n) is 3.70. The molecule has 0 heterocycles. The van der Waals surface area contributed by atoms with Gasteiger partial charge in [0, 0.05) is 13.0 Å². The van der Waals surface area contributed by atoms with Crippen LogP contribution in [0.1, 0.15) is 30.5 Å². The molecule has 0 fully saturated rings. The van der Waals surface area contributed by atoms with E-state index in [9.17, 15) is 4.79 Å². The normalized spacial score (nSPS) is 11.6. The Labute approximate surface area is 137 Å². The summed E-state index contributed by atoms with van der Waals surface area (Å²) in [6.07, 6.45) is 0.411. The van der Waals surface area contributed by atoms with E-state index >= 15 is 0 Å². The fourth-order valence-corrected chi connectivity index (χ4v) is 2.41. The van der Waals surface area contributed by atoms with Crippen molar-refractivity contribution >= 4 is 11.6 Å². The number of rotatable bonds is 7. The first-order chi connectivity index (χ1) is 11.1. The molecule has 0 bridgehead atoms. The van der Waals surface area contributed by atoms with Gasteiger partial charge in [-0.1, -0.05) is 36.4 Å². The third kappa shape index (κ3) is 5.02. The maximum Gasteiger partial charge on any atom is 0.222 e. The predicted molar refractivity (Wildman–Crippen MR) is 93.8 cm³/mol. The van der Waals surface area contributed by atoms with Gasteiger partial charge in [0.2, 0.25) is 5.91 Å². The van der Waals surface area contributed by atoms with Crippen molar-refractivity contribution in [2.75, 3.05) is 19.0 Å². The molecule has 0 radical (unpaired) electrons. The first-order valence-corrected chi connectivity index (χ1v) is 7.83. The Bertz CT molecular complexity index is 641. The van der Waals surface area contributed by atoms with Crippen molar-refractivity contribution in [1.29, 1.82) is 0 Å². The van der Waals surface area contributed by atoms with Crippen LogP contribution in [0.5, 0.6) is 5.75 Å². The Balaban J connectivity index is 1.82. The summed E-state index contributed by atoms with van der Waals surface area (Å²) in [6.45, 7) is 4.58. The Morgan fingerprint density at radius 2 is 1.91 bits per heavy atom. The van der Waals surface area contributed by atoms with Crippen LogP contribution in [-0.2, 0) is 4.79 Å². The molecule has 0 spiro atoms. The average molecular weight is 312 g/mol. The minimum absolute atomic E-state index is 0.0113. The molecule has 0 aliphatic heterocycles. The molecule has 1 unspecified atom stereocenters. The van der Waals surface area contributed by atoms with Crippen LogP contribution in [0.4, 0.5) is 5.69 Å². The van der Waals surface area contributed by atoms with Gasteiger partial charge < -0.3 is 15.4 Å². The van der Waals surface area contributed by atoms with Gasteiger partial charge in [-0.05, 0) is 37.1 Å². The van der Waals surface area contributed by atoms with Gasteiger partial charge in [-0.25, -0.2) is 0 Å². The fourth-order valence-electron chi connectivity index (χ4n) is 2.41. The van der Waals surface area contributed by atoms with Gasteiger partial charge in [-0.3, -0.25) is 4.79 Å². The van der Waals surface area contributed by atoms with Crippen molar-refractivity contribution in [2.24, 2.45) is 0 Å². The summed E-state index contributed by atoms with van der Waals surface area (Å²) in [7, 11) is 1.64. The summed E-state index contributed by atoms with van der Waals surface area (Å²) in [4.78, 5) is 12.1. The van der Waals surface area contributed by atoms with E-state index in [0.29, 0.717) is 13.0 Å². The average Bonchev–Trinajstić information content (AvgIpc) is 2.56. The number of amides is 1. The SMILES string of the molecule is COc1ccc(C)cc1NCCC(=O)NC(C)c1ccccc1. The van der Waals surface area contributed by atoms with Gasteiger partial charge in [0.15, 0.2) is 0 Å². The number of ether oxygens (including phenoxy) is 1. The van der Waals surface area contributed by atoms with E-state index in [1.165, 1.54) is 0 Å². The highest BCUT2D eigenvalue weighted by Crippen LogP contribution is 2.25. The minimum Gasteiger partial charge on any atom is -0.495 e. The molecule has 23 heavy (non-hydrogen) atoms. The van der Waals surface area contributed by atoms with Crippen molar-refractivity contribution in [3.8, 4) is 5.75 Å². The Morgan fingerprint density at radius 1 is 1.17 bits per heavy atom. The molecule has 0 saturated heterocycles. The smallest absolute Gasteiger partial charge is 0.222 e. The van der Waals surface area contributed by atoms with Crippen LogP contribution in [0.2, 0.25) is 0 Å². The number of methoxy groups -OCH3 is 1. The Kier molecular flexibility index (Phi) is 6.03. The van der Waals surface area contributed by atoms with Crippen molar-refractivity contribution in [3.63, 3.8) is 0 Å². The number of benzene rings is 2. The number of carbonyl (C=O) groups excluding carboxylic acids is 1. The van der Waals surface area contributed by atoms with E-state index < -0.39 is 0 Å². The van der Waals surface area contributed by atoms with Crippen molar-refractivity contribution in [3.05, 3.63) is 59.7 Å². The number of anilines is 1. The number of hydrogen-bond acceptors (Lipinski definition) is 3. The van der Waals surface area contributed by atoms with E-state index in [1.807, 2.05) is 62.4 Å². The summed E-state index contributed by atoms with van der Waals surface area (Å²) in [5.41, 5.74) is 3.17. The number of hydrogen-bond donors (Lipinski definition) is 2. The minimum atomic E-state index is 0.0113. The standard InChI is InChI=1S/C19H24N2O2/c1-14-9-10-18(23-3)17(13-14)20-12-11-19(22)21-15(2)16-7-5-4-6-8-16/h4-10,13,15,20H,11-12H2,1-3H3,(H,21,22). The molecule has 0 aromatic heterocycles. The quantitative estimate of drug-likeness (QED) is 0.820. The first-order valence-electron chi connectivity index (χ1n) is 7.83. The first kappa shape index (κ1) is 16.9.